The first-order valence-corrected chi connectivity index (χ1v) is 6.22. The van der Waals surface area contributed by atoms with E-state index < -0.39 is 11.6 Å². The number of benzene rings is 1. The zero-order chi connectivity index (χ0) is 13.4. The van der Waals surface area contributed by atoms with E-state index in [4.69, 9.17) is 0 Å². The molecule has 0 radical (unpaired) electrons. The molecule has 0 saturated heterocycles. The lowest BCUT2D eigenvalue weighted by atomic mass is 9.97. The van der Waals surface area contributed by atoms with Gasteiger partial charge in [0.15, 0.2) is 11.6 Å². The van der Waals surface area contributed by atoms with Gasteiger partial charge in [0.25, 0.3) is 5.56 Å². The molecule has 0 unspecified atom stereocenters. The van der Waals surface area contributed by atoms with Crippen molar-refractivity contribution < 1.29 is 8.78 Å². The molecular weight excluding hydrogens is 250 g/mol. The number of fused-ring (bicyclic) bond motifs is 1. The van der Waals surface area contributed by atoms with Gasteiger partial charge in [0.05, 0.1) is 5.69 Å². The lowest BCUT2D eigenvalue weighted by molar-refractivity contribution is 0.509. The van der Waals surface area contributed by atoms with E-state index in [1.165, 1.54) is 6.07 Å². The van der Waals surface area contributed by atoms with E-state index in [1.807, 2.05) is 0 Å². The number of nitrogens with zero attached hydrogens (tertiary/aromatic N) is 1. The Hall–Kier alpha value is -2.04. The molecule has 5 heteroatoms. The number of aromatic amines is 1. The second-order valence-electron chi connectivity index (χ2n) is 4.68. The molecule has 1 aromatic heterocycles. The van der Waals surface area contributed by atoms with Crippen molar-refractivity contribution in [2.75, 3.05) is 0 Å². The van der Waals surface area contributed by atoms with Crippen LogP contribution in [0.15, 0.2) is 23.0 Å². The number of hydrogen-bond acceptors (Lipinski definition) is 2. The molecule has 1 heterocycles. The molecule has 0 atom stereocenters. The van der Waals surface area contributed by atoms with Gasteiger partial charge >= 0.3 is 0 Å². The van der Waals surface area contributed by atoms with Gasteiger partial charge in [-0.05, 0) is 43.9 Å². The van der Waals surface area contributed by atoms with Crippen LogP contribution in [-0.2, 0) is 12.8 Å². The van der Waals surface area contributed by atoms with Crippen molar-refractivity contribution in [3.8, 4) is 11.4 Å². The fourth-order valence-electron chi connectivity index (χ4n) is 2.38. The summed E-state index contributed by atoms with van der Waals surface area (Å²) in [6, 6.07) is 3.48. The van der Waals surface area contributed by atoms with Gasteiger partial charge in [0.2, 0.25) is 0 Å². The second kappa shape index (κ2) is 4.57. The number of aromatic nitrogens is 2. The van der Waals surface area contributed by atoms with Crippen molar-refractivity contribution in [1.82, 2.24) is 9.97 Å². The molecule has 0 amide bonds. The quantitative estimate of drug-likeness (QED) is 0.858. The molecule has 3 nitrogen and oxygen atoms in total. The number of aryl methyl sites for hydroxylation is 1. The van der Waals surface area contributed by atoms with E-state index in [9.17, 15) is 13.6 Å². The maximum atomic E-state index is 13.2. The lowest BCUT2D eigenvalue weighted by Gasteiger charge is -2.14. The summed E-state index contributed by atoms with van der Waals surface area (Å²) in [5.41, 5.74) is 1.70. The van der Waals surface area contributed by atoms with Gasteiger partial charge in [0.1, 0.15) is 5.82 Å². The summed E-state index contributed by atoms with van der Waals surface area (Å²) in [5.74, 6) is -1.56. The van der Waals surface area contributed by atoms with Gasteiger partial charge in [-0.25, -0.2) is 13.8 Å². The van der Waals surface area contributed by atoms with E-state index in [0.717, 1.165) is 49.1 Å². The van der Waals surface area contributed by atoms with Crippen molar-refractivity contribution >= 4 is 0 Å². The Balaban J connectivity index is 2.12. The van der Waals surface area contributed by atoms with Gasteiger partial charge < -0.3 is 4.98 Å². The molecular formula is C14H12F2N2O. The average Bonchev–Trinajstić information content (AvgIpc) is 2.42. The molecule has 0 aliphatic heterocycles. The Morgan fingerprint density at radius 1 is 1.11 bits per heavy atom. The smallest absolute Gasteiger partial charge is 0.254 e. The topological polar surface area (TPSA) is 45.8 Å². The number of halogens is 2. The van der Waals surface area contributed by atoms with Gasteiger partial charge in [-0.3, -0.25) is 4.79 Å². The first-order valence-electron chi connectivity index (χ1n) is 6.22. The van der Waals surface area contributed by atoms with E-state index in [2.05, 4.69) is 9.97 Å². The highest BCUT2D eigenvalue weighted by Gasteiger charge is 2.16. The van der Waals surface area contributed by atoms with Crippen LogP contribution in [0.5, 0.6) is 0 Å². The normalized spacial score (nSPS) is 14.2. The Kier molecular flexibility index (Phi) is 2.89. The van der Waals surface area contributed by atoms with E-state index in [-0.39, 0.29) is 5.56 Å². The van der Waals surface area contributed by atoms with Crippen LogP contribution in [0, 0.1) is 11.6 Å². The summed E-state index contributed by atoms with van der Waals surface area (Å²) in [6.07, 6.45) is 3.48. The summed E-state index contributed by atoms with van der Waals surface area (Å²) in [4.78, 5) is 19.0. The summed E-state index contributed by atoms with van der Waals surface area (Å²) in [6.45, 7) is 0. The van der Waals surface area contributed by atoms with Gasteiger partial charge in [-0.2, -0.15) is 0 Å². The van der Waals surface area contributed by atoms with Crippen LogP contribution in [0.1, 0.15) is 24.1 Å². The van der Waals surface area contributed by atoms with Crippen LogP contribution in [0.2, 0.25) is 0 Å². The number of nitrogens with one attached hydrogen (secondary N) is 1. The molecule has 98 valence electrons. The van der Waals surface area contributed by atoms with E-state index >= 15 is 0 Å². The monoisotopic (exact) mass is 262 g/mol. The molecule has 1 N–H and O–H groups in total. The standard InChI is InChI=1S/C14H12F2N2O/c15-10-6-5-8(7-11(10)16)13-17-12-4-2-1-3-9(12)14(19)18-13/h5-7H,1-4H2,(H,17,18,19). The first-order chi connectivity index (χ1) is 9.15. The van der Waals surface area contributed by atoms with Gasteiger partial charge in [-0.1, -0.05) is 0 Å². The van der Waals surface area contributed by atoms with Gasteiger partial charge in [0, 0.05) is 11.1 Å². The summed E-state index contributed by atoms with van der Waals surface area (Å²) >= 11 is 0. The minimum atomic E-state index is -0.946. The van der Waals surface area contributed by atoms with Crippen LogP contribution in [-0.4, -0.2) is 9.97 Å². The third-order valence-electron chi connectivity index (χ3n) is 3.38. The number of H-pyrrole nitrogens is 1. The molecule has 19 heavy (non-hydrogen) atoms. The second-order valence-corrected chi connectivity index (χ2v) is 4.68. The molecule has 1 aliphatic rings. The minimum Gasteiger partial charge on any atom is -0.306 e. The van der Waals surface area contributed by atoms with Crippen molar-refractivity contribution in [2.24, 2.45) is 0 Å². The third kappa shape index (κ3) is 2.16. The molecule has 3 rings (SSSR count). The summed E-state index contributed by atoms with van der Waals surface area (Å²) < 4.78 is 26.1. The predicted octanol–water partition coefficient (Wildman–Crippen LogP) is 2.59. The van der Waals surface area contributed by atoms with Crippen LogP contribution in [0.4, 0.5) is 8.78 Å². The Morgan fingerprint density at radius 3 is 2.68 bits per heavy atom. The highest BCUT2D eigenvalue weighted by atomic mass is 19.2. The Morgan fingerprint density at radius 2 is 1.89 bits per heavy atom. The van der Waals surface area contributed by atoms with Crippen molar-refractivity contribution in [3.05, 3.63) is 51.4 Å². The predicted molar refractivity (Wildman–Crippen MR) is 66.9 cm³/mol. The largest absolute Gasteiger partial charge is 0.306 e. The lowest BCUT2D eigenvalue weighted by Crippen LogP contribution is -2.21. The SMILES string of the molecule is O=c1[nH]c(-c2ccc(F)c(F)c2)nc2c1CCCC2. The van der Waals surface area contributed by atoms with Crippen LogP contribution in [0.25, 0.3) is 11.4 Å². The fourth-order valence-corrected chi connectivity index (χ4v) is 2.38. The van der Waals surface area contributed by atoms with E-state index in [0.29, 0.717) is 11.4 Å². The van der Waals surface area contributed by atoms with Gasteiger partial charge in [-0.15, -0.1) is 0 Å². The first kappa shape index (κ1) is 12.0. The molecule has 1 aromatic carbocycles. The number of hydrogen-bond donors (Lipinski definition) is 1. The van der Waals surface area contributed by atoms with Crippen LogP contribution < -0.4 is 5.56 Å². The van der Waals surface area contributed by atoms with Crippen molar-refractivity contribution in [3.63, 3.8) is 0 Å². The highest BCUT2D eigenvalue weighted by Crippen LogP contribution is 2.21. The maximum Gasteiger partial charge on any atom is 0.254 e. The highest BCUT2D eigenvalue weighted by molar-refractivity contribution is 5.55. The maximum absolute atomic E-state index is 13.2. The number of rotatable bonds is 1. The minimum absolute atomic E-state index is 0.176. The van der Waals surface area contributed by atoms with Crippen molar-refractivity contribution in [2.45, 2.75) is 25.7 Å². The summed E-state index contributed by atoms with van der Waals surface area (Å²) in [7, 11) is 0. The molecule has 0 bridgehead atoms. The Labute approximate surface area is 108 Å². The van der Waals surface area contributed by atoms with Crippen molar-refractivity contribution in [1.29, 1.82) is 0 Å². The third-order valence-corrected chi connectivity index (χ3v) is 3.38. The zero-order valence-corrected chi connectivity index (χ0v) is 10.2. The Bertz CT molecular complexity index is 694. The average molecular weight is 262 g/mol. The summed E-state index contributed by atoms with van der Waals surface area (Å²) in [5, 5.41) is 0. The molecule has 2 aromatic rings. The molecule has 0 spiro atoms. The van der Waals surface area contributed by atoms with Crippen LogP contribution in [0.3, 0.4) is 0 Å². The van der Waals surface area contributed by atoms with E-state index in [1.54, 1.807) is 0 Å². The zero-order valence-electron chi connectivity index (χ0n) is 10.2. The molecule has 0 saturated carbocycles. The molecule has 1 aliphatic carbocycles. The van der Waals surface area contributed by atoms with Crippen LogP contribution >= 0.6 is 0 Å². The fraction of sp³-hybridized carbons (Fsp3) is 0.286. The molecule has 0 fully saturated rings.